The number of likely N-dealkylation sites (tertiary alicyclic amines) is 1. The minimum Gasteiger partial charge on any atom is -0.332 e. The van der Waals surface area contributed by atoms with Crippen molar-refractivity contribution in [3.05, 3.63) is 70.7 Å². The van der Waals surface area contributed by atoms with Crippen LogP contribution in [0.5, 0.6) is 0 Å². The van der Waals surface area contributed by atoms with E-state index in [1.54, 1.807) is 6.20 Å². The van der Waals surface area contributed by atoms with E-state index in [-0.39, 0.29) is 11.9 Å². The van der Waals surface area contributed by atoms with Gasteiger partial charge in [0.25, 0.3) is 5.91 Å². The first-order valence-corrected chi connectivity index (χ1v) is 9.64. The Hall–Kier alpha value is -2.75. The van der Waals surface area contributed by atoms with Gasteiger partial charge in [-0.05, 0) is 68.9 Å². The number of benzene rings is 1. The van der Waals surface area contributed by atoms with Gasteiger partial charge in [0.2, 0.25) is 0 Å². The topological polar surface area (TPSA) is 46.1 Å². The van der Waals surface area contributed by atoms with Gasteiger partial charge in [-0.2, -0.15) is 0 Å². The summed E-state index contributed by atoms with van der Waals surface area (Å²) in [4.78, 5) is 24.6. The van der Waals surface area contributed by atoms with Crippen molar-refractivity contribution in [2.75, 3.05) is 6.54 Å². The number of amides is 1. The molecule has 0 spiro atoms. The lowest BCUT2D eigenvalue weighted by Gasteiger charge is -2.36. The van der Waals surface area contributed by atoms with Gasteiger partial charge >= 0.3 is 0 Å². The molecule has 1 aromatic carbocycles. The van der Waals surface area contributed by atoms with Crippen LogP contribution in [-0.4, -0.2) is 27.3 Å². The number of rotatable bonds is 2. The zero-order valence-corrected chi connectivity index (χ0v) is 16.2. The Morgan fingerprint density at radius 3 is 2.78 bits per heavy atom. The molecule has 4 nitrogen and oxygen atoms in total. The number of piperidine rings is 1. The highest BCUT2D eigenvalue weighted by atomic mass is 16.2. The molecule has 0 radical (unpaired) electrons. The van der Waals surface area contributed by atoms with Crippen molar-refractivity contribution >= 4 is 16.8 Å². The minimum atomic E-state index is 0.0926. The summed E-state index contributed by atoms with van der Waals surface area (Å²) in [5, 5.41) is 0.948. The maximum Gasteiger partial charge on any atom is 0.255 e. The summed E-state index contributed by atoms with van der Waals surface area (Å²) in [6, 6.07) is 10.2. The summed E-state index contributed by atoms with van der Waals surface area (Å²) in [5.74, 6) is 0.0994. The molecule has 1 saturated heterocycles. The first kappa shape index (κ1) is 17.7. The van der Waals surface area contributed by atoms with Gasteiger partial charge in [0.05, 0.1) is 17.1 Å². The minimum absolute atomic E-state index is 0.0926. The number of carbonyl (C=O) groups excluding carboxylic acids is 1. The van der Waals surface area contributed by atoms with Gasteiger partial charge in [0.15, 0.2) is 0 Å². The molecular weight excluding hydrogens is 334 g/mol. The normalized spacial score (nSPS) is 17.3. The van der Waals surface area contributed by atoms with Crippen molar-refractivity contribution in [3.63, 3.8) is 0 Å². The molecule has 0 aliphatic carbocycles. The SMILES string of the molecule is Cc1cc(C(=O)N2CCCC[C@H]2c2cccnc2)c2ccc(C)c(C)c2n1. The third-order valence-electron chi connectivity index (χ3n) is 5.70. The maximum absolute atomic E-state index is 13.6. The lowest BCUT2D eigenvalue weighted by atomic mass is 9.94. The van der Waals surface area contributed by atoms with Gasteiger partial charge in [0.1, 0.15) is 0 Å². The Balaban J connectivity index is 1.81. The van der Waals surface area contributed by atoms with Crippen molar-refractivity contribution in [1.82, 2.24) is 14.9 Å². The molecule has 4 rings (SSSR count). The lowest BCUT2D eigenvalue weighted by molar-refractivity contribution is 0.0613. The van der Waals surface area contributed by atoms with Crippen LogP contribution in [0.15, 0.2) is 42.7 Å². The molecule has 3 heterocycles. The van der Waals surface area contributed by atoms with E-state index in [1.807, 2.05) is 36.2 Å². The molecule has 0 unspecified atom stereocenters. The first-order valence-electron chi connectivity index (χ1n) is 9.64. The number of hydrogen-bond donors (Lipinski definition) is 0. The molecule has 2 aromatic heterocycles. The van der Waals surface area contributed by atoms with Crippen molar-refractivity contribution < 1.29 is 4.79 Å². The highest BCUT2D eigenvalue weighted by Crippen LogP contribution is 2.33. The third-order valence-corrected chi connectivity index (χ3v) is 5.70. The Bertz CT molecular complexity index is 997. The van der Waals surface area contributed by atoms with Gasteiger partial charge in [-0.25, -0.2) is 0 Å². The number of hydrogen-bond acceptors (Lipinski definition) is 3. The highest BCUT2D eigenvalue weighted by Gasteiger charge is 2.30. The summed E-state index contributed by atoms with van der Waals surface area (Å²) in [5.41, 5.74) is 6.05. The first-order chi connectivity index (χ1) is 13.1. The van der Waals surface area contributed by atoms with E-state index >= 15 is 0 Å². The van der Waals surface area contributed by atoms with Gasteiger partial charge in [0, 0.05) is 30.0 Å². The summed E-state index contributed by atoms with van der Waals surface area (Å²) >= 11 is 0. The van der Waals surface area contributed by atoms with Crippen LogP contribution in [0.4, 0.5) is 0 Å². The Kier molecular flexibility index (Phi) is 4.65. The summed E-state index contributed by atoms with van der Waals surface area (Å²) in [6.07, 6.45) is 6.83. The molecule has 1 fully saturated rings. The summed E-state index contributed by atoms with van der Waals surface area (Å²) < 4.78 is 0. The maximum atomic E-state index is 13.6. The lowest BCUT2D eigenvalue weighted by Crippen LogP contribution is -2.38. The molecule has 27 heavy (non-hydrogen) atoms. The fourth-order valence-electron chi connectivity index (χ4n) is 4.08. The molecule has 1 amide bonds. The molecule has 1 aliphatic rings. The van der Waals surface area contributed by atoms with Crippen molar-refractivity contribution in [3.8, 4) is 0 Å². The van der Waals surface area contributed by atoms with E-state index in [2.05, 4.69) is 31.0 Å². The predicted octanol–water partition coefficient (Wildman–Crippen LogP) is 4.92. The van der Waals surface area contributed by atoms with Crippen LogP contribution in [0, 0.1) is 20.8 Å². The van der Waals surface area contributed by atoms with Crippen LogP contribution >= 0.6 is 0 Å². The average Bonchev–Trinajstić information content (AvgIpc) is 2.70. The highest BCUT2D eigenvalue weighted by molar-refractivity contribution is 6.07. The van der Waals surface area contributed by atoms with Gasteiger partial charge in [-0.3, -0.25) is 14.8 Å². The summed E-state index contributed by atoms with van der Waals surface area (Å²) in [7, 11) is 0. The quantitative estimate of drug-likeness (QED) is 0.652. The number of aryl methyl sites for hydroxylation is 3. The van der Waals surface area contributed by atoms with Crippen molar-refractivity contribution in [2.45, 2.75) is 46.1 Å². The van der Waals surface area contributed by atoms with Gasteiger partial charge in [-0.1, -0.05) is 18.2 Å². The summed E-state index contributed by atoms with van der Waals surface area (Å²) in [6.45, 7) is 6.92. The predicted molar refractivity (Wildman–Crippen MR) is 108 cm³/mol. The Morgan fingerprint density at radius 1 is 1.15 bits per heavy atom. The van der Waals surface area contributed by atoms with Crippen LogP contribution < -0.4 is 0 Å². The Labute approximate surface area is 160 Å². The second-order valence-corrected chi connectivity index (χ2v) is 7.51. The van der Waals surface area contributed by atoms with Crippen LogP contribution in [-0.2, 0) is 0 Å². The molecule has 1 atom stereocenters. The number of aromatic nitrogens is 2. The fraction of sp³-hybridized carbons (Fsp3) is 0.348. The van der Waals surface area contributed by atoms with E-state index in [0.29, 0.717) is 0 Å². The van der Waals surface area contributed by atoms with E-state index in [4.69, 9.17) is 4.98 Å². The Morgan fingerprint density at radius 2 is 2.00 bits per heavy atom. The largest absolute Gasteiger partial charge is 0.332 e. The van der Waals surface area contributed by atoms with E-state index < -0.39 is 0 Å². The van der Waals surface area contributed by atoms with E-state index in [9.17, 15) is 4.79 Å². The molecule has 0 bridgehead atoms. The molecule has 138 valence electrons. The van der Waals surface area contributed by atoms with Crippen LogP contribution in [0.1, 0.15) is 58.0 Å². The average molecular weight is 359 g/mol. The number of carbonyl (C=O) groups is 1. The molecule has 0 saturated carbocycles. The number of nitrogens with zero attached hydrogens (tertiary/aromatic N) is 3. The molecule has 4 heteroatoms. The van der Waals surface area contributed by atoms with E-state index in [0.717, 1.165) is 59.1 Å². The molecule has 0 N–H and O–H groups in total. The van der Waals surface area contributed by atoms with Gasteiger partial charge in [-0.15, -0.1) is 0 Å². The number of pyridine rings is 2. The third kappa shape index (κ3) is 3.20. The van der Waals surface area contributed by atoms with Crippen LogP contribution in [0.3, 0.4) is 0 Å². The standard InChI is InChI=1S/C23H25N3O/c1-15-9-10-19-20(13-16(2)25-22(19)17(15)3)23(27)26-12-5-4-8-21(26)18-7-6-11-24-14-18/h6-7,9-11,13-14,21H,4-5,8,12H2,1-3H3/t21-/m0/s1. The molecular formula is C23H25N3O. The number of fused-ring (bicyclic) bond motifs is 1. The van der Waals surface area contributed by atoms with E-state index in [1.165, 1.54) is 5.56 Å². The fourth-order valence-corrected chi connectivity index (χ4v) is 4.08. The van der Waals surface area contributed by atoms with Crippen molar-refractivity contribution in [2.24, 2.45) is 0 Å². The monoisotopic (exact) mass is 359 g/mol. The second kappa shape index (κ2) is 7.10. The van der Waals surface area contributed by atoms with Gasteiger partial charge < -0.3 is 4.90 Å². The molecule has 1 aliphatic heterocycles. The second-order valence-electron chi connectivity index (χ2n) is 7.51. The zero-order chi connectivity index (χ0) is 19.0. The smallest absolute Gasteiger partial charge is 0.255 e. The zero-order valence-electron chi connectivity index (χ0n) is 16.2. The van der Waals surface area contributed by atoms with Crippen LogP contribution in [0.2, 0.25) is 0 Å². The van der Waals surface area contributed by atoms with Crippen molar-refractivity contribution in [1.29, 1.82) is 0 Å². The van der Waals surface area contributed by atoms with Crippen LogP contribution in [0.25, 0.3) is 10.9 Å². The molecule has 3 aromatic rings.